The van der Waals surface area contributed by atoms with Crippen molar-refractivity contribution in [2.45, 2.75) is 0 Å². The van der Waals surface area contributed by atoms with E-state index in [4.69, 9.17) is 16.3 Å². The van der Waals surface area contributed by atoms with Gasteiger partial charge in [0.25, 0.3) is 17.1 Å². The highest BCUT2D eigenvalue weighted by molar-refractivity contribution is 8.18. The molecule has 8 nitrogen and oxygen atoms in total. The molecule has 0 aromatic heterocycles. The van der Waals surface area contributed by atoms with Gasteiger partial charge in [0.15, 0.2) is 6.61 Å². The van der Waals surface area contributed by atoms with Gasteiger partial charge in [0.2, 0.25) is 5.91 Å². The number of halogens is 1. The first-order valence-corrected chi connectivity index (χ1v) is 12.0. The van der Waals surface area contributed by atoms with Crippen molar-refractivity contribution in [3.63, 3.8) is 0 Å². The quantitative estimate of drug-likeness (QED) is 0.403. The molecule has 0 saturated carbocycles. The maximum Gasteiger partial charge on any atom is 0.294 e. The Labute approximate surface area is 216 Å². The number of hydrogen-bond acceptors (Lipinski definition) is 6. The Bertz CT molecular complexity index is 1350. The summed E-state index contributed by atoms with van der Waals surface area (Å²) in [6, 6.07) is 22.3. The number of hydrogen-bond donors (Lipinski definition) is 2. The molecule has 1 heterocycles. The number of ether oxygens (including phenoxy) is 1. The minimum atomic E-state index is -0.595. The first-order valence-electron chi connectivity index (χ1n) is 10.8. The topological polar surface area (TPSA) is 105 Å². The molecule has 10 heteroatoms. The molecule has 3 aromatic carbocycles. The van der Waals surface area contributed by atoms with Gasteiger partial charge in [-0.05, 0) is 54.2 Å². The molecule has 4 amide bonds. The van der Waals surface area contributed by atoms with E-state index in [-0.39, 0.29) is 17.4 Å². The van der Waals surface area contributed by atoms with Gasteiger partial charge in [0.1, 0.15) is 12.3 Å². The molecule has 2 N–H and O–H groups in total. The molecule has 0 atom stereocenters. The van der Waals surface area contributed by atoms with Gasteiger partial charge in [-0.3, -0.25) is 24.1 Å². The highest BCUT2D eigenvalue weighted by atomic mass is 35.5. The maximum absolute atomic E-state index is 12.9. The van der Waals surface area contributed by atoms with Crippen molar-refractivity contribution >= 4 is 63.8 Å². The number of thioether (sulfide) groups is 1. The second-order valence-electron chi connectivity index (χ2n) is 7.57. The lowest BCUT2D eigenvalue weighted by molar-refractivity contribution is -0.127. The highest BCUT2D eigenvalue weighted by Gasteiger charge is 2.36. The fourth-order valence-corrected chi connectivity index (χ4v) is 4.30. The van der Waals surface area contributed by atoms with Gasteiger partial charge in [0, 0.05) is 22.0 Å². The molecule has 0 radical (unpaired) electrons. The lowest BCUT2D eigenvalue weighted by atomic mass is 10.2. The Morgan fingerprint density at radius 2 is 1.58 bits per heavy atom. The number of para-hydroxylation sites is 2. The van der Waals surface area contributed by atoms with Crippen molar-refractivity contribution in [2.75, 3.05) is 23.8 Å². The van der Waals surface area contributed by atoms with Crippen LogP contribution in [-0.2, 0) is 14.4 Å². The number of carbonyl (C=O) groups excluding carboxylic acids is 4. The number of imide groups is 1. The first-order chi connectivity index (χ1) is 17.4. The van der Waals surface area contributed by atoms with Crippen molar-refractivity contribution in [3.8, 4) is 5.75 Å². The summed E-state index contributed by atoms with van der Waals surface area (Å²) in [6.45, 7) is -0.683. The van der Waals surface area contributed by atoms with E-state index in [0.29, 0.717) is 27.7 Å². The molecule has 1 aliphatic rings. The lowest BCUT2D eigenvalue weighted by Gasteiger charge is -2.12. The third kappa shape index (κ3) is 6.53. The molecule has 0 bridgehead atoms. The average Bonchev–Trinajstić information content (AvgIpc) is 3.11. The van der Waals surface area contributed by atoms with Crippen LogP contribution in [0.25, 0.3) is 6.08 Å². The minimum Gasteiger partial charge on any atom is -0.483 e. The van der Waals surface area contributed by atoms with Crippen molar-refractivity contribution in [3.05, 3.63) is 94.4 Å². The monoisotopic (exact) mass is 521 g/mol. The predicted octanol–water partition coefficient (Wildman–Crippen LogP) is 5.03. The first kappa shape index (κ1) is 25.0. The Kier molecular flexibility index (Phi) is 8.04. The molecule has 3 aromatic rings. The summed E-state index contributed by atoms with van der Waals surface area (Å²) < 4.78 is 5.66. The molecule has 182 valence electrons. The van der Waals surface area contributed by atoms with Crippen molar-refractivity contribution in [1.29, 1.82) is 0 Å². The molecule has 0 unspecified atom stereocenters. The molecule has 1 fully saturated rings. The Hall–Kier alpha value is -4.08. The van der Waals surface area contributed by atoms with Gasteiger partial charge in [-0.1, -0.05) is 54.1 Å². The zero-order valence-electron chi connectivity index (χ0n) is 18.8. The fraction of sp³-hybridized carbons (Fsp3) is 0.0769. The van der Waals surface area contributed by atoms with Crippen LogP contribution in [0.15, 0.2) is 83.8 Å². The van der Waals surface area contributed by atoms with E-state index >= 15 is 0 Å². The molecule has 1 aliphatic heterocycles. The van der Waals surface area contributed by atoms with E-state index in [2.05, 4.69) is 10.6 Å². The summed E-state index contributed by atoms with van der Waals surface area (Å²) in [6.07, 6.45) is 1.50. The van der Waals surface area contributed by atoms with E-state index in [1.54, 1.807) is 72.8 Å². The fourth-order valence-electron chi connectivity index (χ4n) is 3.28. The van der Waals surface area contributed by atoms with Crippen LogP contribution in [-0.4, -0.2) is 41.0 Å². The van der Waals surface area contributed by atoms with Crippen LogP contribution < -0.4 is 15.4 Å². The Morgan fingerprint density at radius 1 is 0.889 bits per heavy atom. The number of nitrogens with one attached hydrogen (secondary N) is 2. The zero-order chi connectivity index (χ0) is 25.5. The van der Waals surface area contributed by atoms with Crippen LogP contribution in [0.3, 0.4) is 0 Å². The number of carbonyl (C=O) groups is 4. The summed E-state index contributed by atoms with van der Waals surface area (Å²) in [5.74, 6) is -1.11. The third-order valence-electron chi connectivity index (χ3n) is 4.91. The number of anilines is 2. The summed E-state index contributed by atoms with van der Waals surface area (Å²) in [5, 5.41) is 5.22. The Balaban J connectivity index is 1.40. The molecule has 0 aliphatic carbocycles. The molecular weight excluding hydrogens is 502 g/mol. The summed E-state index contributed by atoms with van der Waals surface area (Å²) in [4.78, 5) is 50.9. The maximum atomic E-state index is 12.9. The second-order valence-corrected chi connectivity index (χ2v) is 9.00. The third-order valence-corrected chi connectivity index (χ3v) is 6.05. The lowest BCUT2D eigenvalue weighted by Crippen LogP contribution is -2.36. The summed E-state index contributed by atoms with van der Waals surface area (Å²) in [5.41, 5.74) is 1.61. The minimum absolute atomic E-state index is 0.139. The van der Waals surface area contributed by atoms with Crippen LogP contribution in [0.4, 0.5) is 16.2 Å². The largest absolute Gasteiger partial charge is 0.483 e. The van der Waals surface area contributed by atoms with Crippen molar-refractivity contribution in [1.82, 2.24) is 4.90 Å². The average molecular weight is 522 g/mol. The van der Waals surface area contributed by atoms with E-state index < -0.39 is 23.6 Å². The van der Waals surface area contributed by atoms with Crippen molar-refractivity contribution < 1.29 is 23.9 Å². The number of amides is 4. The van der Waals surface area contributed by atoms with E-state index in [9.17, 15) is 19.2 Å². The highest BCUT2D eigenvalue weighted by Crippen LogP contribution is 2.34. The number of rotatable bonds is 8. The van der Waals surface area contributed by atoms with Crippen LogP contribution >= 0.6 is 23.4 Å². The van der Waals surface area contributed by atoms with Gasteiger partial charge >= 0.3 is 0 Å². The SMILES string of the molecule is O=C(COc1ccccc1/C=C1/SC(=O)N(CC(=O)Nc2cccc(Cl)c2)C1=O)Nc1ccccc1. The van der Waals surface area contributed by atoms with E-state index in [1.807, 2.05) is 6.07 Å². The molecular formula is C26H20ClN3O5S. The normalized spacial score (nSPS) is 14.1. The molecule has 4 rings (SSSR count). The Morgan fingerprint density at radius 3 is 2.36 bits per heavy atom. The van der Waals surface area contributed by atoms with Gasteiger partial charge < -0.3 is 15.4 Å². The smallest absolute Gasteiger partial charge is 0.294 e. The standard InChI is InChI=1S/C26H20ClN3O5S/c27-18-8-6-11-20(14-18)29-23(31)15-30-25(33)22(36-26(30)34)13-17-7-4-5-12-21(17)35-16-24(32)28-19-9-2-1-3-10-19/h1-14H,15-16H2,(H,28,32)(H,29,31)/b22-13+. The van der Waals surface area contributed by atoms with E-state index in [0.717, 1.165) is 16.7 Å². The van der Waals surface area contributed by atoms with Crippen LogP contribution in [0.1, 0.15) is 5.56 Å². The van der Waals surface area contributed by atoms with E-state index in [1.165, 1.54) is 6.08 Å². The summed E-state index contributed by atoms with van der Waals surface area (Å²) in [7, 11) is 0. The second kappa shape index (κ2) is 11.6. The molecule has 1 saturated heterocycles. The van der Waals surface area contributed by atoms with Crippen molar-refractivity contribution in [2.24, 2.45) is 0 Å². The van der Waals surface area contributed by atoms with Gasteiger partial charge in [-0.15, -0.1) is 0 Å². The molecule has 0 spiro atoms. The molecule has 36 heavy (non-hydrogen) atoms. The number of benzene rings is 3. The van der Waals surface area contributed by atoms with Crippen LogP contribution in [0, 0.1) is 0 Å². The van der Waals surface area contributed by atoms with Crippen LogP contribution in [0.5, 0.6) is 5.75 Å². The van der Waals surface area contributed by atoms with Gasteiger partial charge in [-0.2, -0.15) is 0 Å². The zero-order valence-corrected chi connectivity index (χ0v) is 20.3. The summed E-state index contributed by atoms with van der Waals surface area (Å²) >= 11 is 6.64. The van der Waals surface area contributed by atoms with Gasteiger partial charge in [0.05, 0.1) is 4.91 Å². The predicted molar refractivity (Wildman–Crippen MR) is 140 cm³/mol. The number of nitrogens with zero attached hydrogens (tertiary/aromatic N) is 1. The van der Waals surface area contributed by atoms with Crippen LogP contribution in [0.2, 0.25) is 5.02 Å². The van der Waals surface area contributed by atoms with Gasteiger partial charge in [-0.25, -0.2) is 0 Å².